The first-order valence-electron chi connectivity index (χ1n) is 11.4. The highest BCUT2D eigenvalue weighted by Gasteiger charge is 2.27. The largest absolute Gasteiger partial charge is 0.507 e. The Bertz CT molecular complexity index is 2090. The summed E-state index contributed by atoms with van der Waals surface area (Å²) in [7, 11) is 0. The van der Waals surface area contributed by atoms with E-state index in [-0.39, 0.29) is 55.3 Å². The van der Waals surface area contributed by atoms with Crippen LogP contribution in [0.2, 0.25) is 0 Å². The number of hydrogen-bond donors (Lipinski definition) is 4. The molecule has 0 bridgehead atoms. The molecule has 4 N–H and O–H groups in total. The van der Waals surface area contributed by atoms with Crippen LogP contribution in [0.1, 0.15) is 11.1 Å². The summed E-state index contributed by atoms with van der Waals surface area (Å²) >= 11 is 0. The summed E-state index contributed by atoms with van der Waals surface area (Å²) in [5.74, 6) is -1.14. The number of rotatable bonds is 0. The molecule has 0 aromatic heterocycles. The molecule has 6 heteroatoms. The van der Waals surface area contributed by atoms with Crippen molar-refractivity contribution in [2.75, 3.05) is 0 Å². The van der Waals surface area contributed by atoms with Gasteiger partial charge in [0.2, 0.25) is 0 Å². The van der Waals surface area contributed by atoms with E-state index < -0.39 is 10.9 Å². The van der Waals surface area contributed by atoms with Crippen molar-refractivity contribution in [2.24, 2.45) is 0 Å². The lowest BCUT2D eigenvalue weighted by Crippen LogP contribution is -2.09. The summed E-state index contributed by atoms with van der Waals surface area (Å²) in [5.41, 5.74) is 0.629. The molecule has 0 atom stereocenters. The standard InChI is InChI=1S/C30H18O6/c1-11-3-5-13-15(7-11)21-22-16-8-12(2)4-6-14(16)30(36)26-20(34)10-18(32)24(28(22)26)23-17(31)9-19(33)25(27(21)23)29(13)35/h3-10,33-36H,1-2H3. The van der Waals surface area contributed by atoms with Crippen molar-refractivity contribution >= 4 is 64.6 Å². The zero-order valence-corrected chi connectivity index (χ0v) is 19.2. The zero-order chi connectivity index (χ0) is 25.2. The van der Waals surface area contributed by atoms with E-state index in [4.69, 9.17) is 0 Å². The predicted octanol–water partition coefficient (Wildman–Crippen LogP) is 5.64. The van der Waals surface area contributed by atoms with Crippen molar-refractivity contribution in [3.8, 4) is 23.0 Å². The van der Waals surface area contributed by atoms with Gasteiger partial charge in [-0.2, -0.15) is 0 Å². The Kier molecular flexibility index (Phi) is 3.67. The summed E-state index contributed by atoms with van der Waals surface area (Å²) in [6.07, 6.45) is 0. The first-order valence-corrected chi connectivity index (χ1v) is 11.4. The molecule has 174 valence electrons. The number of phenolic OH excluding ortho intramolecular Hbond substituents is 4. The lowest BCUT2D eigenvalue weighted by Gasteiger charge is -2.20. The van der Waals surface area contributed by atoms with Crippen LogP contribution >= 0.6 is 0 Å². The van der Waals surface area contributed by atoms with Crippen LogP contribution in [0.3, 0.4) is 0 Å². The Labute approximate surface area is 202 Å². The molecule has 7 aromatic rings. The maximum Gasteiger partial charge on any atom is 0.190 e. The van der Waals surface area contributed by atoms with Crippen molar-refractivity contribution in [1.29, 1.82) is 0 Å². The molecule has 7 aromatic carbocycles. The van der Waals surface area contributed by atoms with Gasteiger partial charge in [-0.25, -0.2) is 0 Å². The Morgan fingerprint density at radius 1 is 0.444 bits per heavy atom. The highest BCUT2D eigenvalue weighted by Crippen LogP contribution is 2.52. The van der Waals surface area contributed by atoms with Crippen molar-refractivity contribution in [2.45, 2.75) is 13.8 Å². The Morgan fingerprint density at radius 3 is 1.22 bits per heavy atom. The minimum absolute atomic E-state index is 0.0328. The molecule has 0 aliphatic heterocycles. The molecular weight excluding hydrogens is 456 g/mol. The van der Waals surface area contributed by atoms with E-state index >= 15 is 0 Å². The lowest BCUT2D eigenvalue weighted by atomic mass is 9.83. The molecule has 0 unspecified atom stereocenters. The van der Waals surface area contributed by atoms with Gasteiger partial charge < -0.3 is 20.4 Å². The van der Waals surface area contributed by atoms with Crippen LogP contribution in [0, 0.1) is 13.8 Å². The van der Waals surface area contributed by atoms with Crippen LogP contribution in [0.15, 0.2) is 58.1 Å². The van der Waals surface area contributed by atoms with Crippen molar-refractivity contribution in [1.82, 2.24) is 0 Å². The molecule has 0 saturated carbocycles. The van der Waals surface area contributed by atoms with Crippen LogP contribution in [0.5, 0.6) is 23.0 Å². The van der Waals surface area contributed by atoms with E-state index in [1.807, 2.05) is 38.1 Å². The second-order valence-electron chi connectivity index (χ2n) is 9.58. The SMILES string of the molecule is Cc1ccc2c(O)c3c(O)cc(=O)c4c5c(=O)cc(O)c6c(O)c7ccc(C)cc7c(c65)c(c2c1)c34. The van der Waals surface area contributed by atoms with Gasteiger partial charge in [0.25, 0.3) is 0 Å². The summed E-state index contributed by atoms with van der Waals surface area (Å²) in [5, 5.41) is 48.4. The van der Waals surface area contributed by atoms with Gasteiger partial charge in [0.15, 0.2) is 10.9 Å². The third kappa shape index (κ3) is 2.26. The first-order chi connectivity index (χ1) is 17.2. The lowest BCUT2D eigenvalue weighted by molar-refractivity contribution is 0.465. The monoisotopic (exact) mass is 474 g/mol. The second-order valence-corrected chi connectivity index (χ2v) is 9.58. The molecule has 0 amide bonds. The van der Waals surface area contributed by atoms with Gasteiger partial charge in [-0.3, -0.25) is 9.59 Å². The summed E-state index contributed by atoms with van der Waals surface area (Å²) in [6, 6.07) is 12.9. The van der Waals surface area contributed by atoms with E-state index in [0.29, 0.717) is 32.3 Å². The number of aryl methyl sites for hydroxylation is 2. The van der Waals surface area contributed by atoms with Gasteiger partial charge in [0, 0.05) is 44.5 Å². The Morgan fingerprint density at radius 2 is 0.833 bits per heavy atom. The van der Waals surface area contributed by atoms with Gasteiger partial charge in [-0.1, -0.05) is 47.5 Å². The maximum absolute atomic E-state index is 13.4. The van der Waals surface area contributed by atoms with Crippen molar-refractivity contribution in [3.05, 3.63) is 80.1 Å². The molecule has 0 saturated heterocycles. The van der Waals surface area contributed by atoms with Crippen molar-refractivity contribution in [3.63, 3.8) is 0 Å². The number of fused-ring (bicyclic) bond motifs is 6. The maximum atomic E-state index is 13.4. The van der Waals surface area contributed by atoms with E-state index in [2.05, 4.69) is 0 Å². The van der Waals surface area contributed by atoms with Crippen LogP contribution in [-0.4, -0.2) is 20.4 Å². The Balaban J connectivity index is 2.09. The van der Waals surface area contributed by atoms with Crippen LogP contribution in [0.25, 0.3) is 64.6 Å². The average molecular weight is 474 g/mol. The first kappa shape index (κ1) is 20.5. The predicted molar refractivity (Wildman–Crippen MR) is 143 cm³/mol. The quantitative estimate of drug-likeness (QED) is 0.167. The number of phenols is 4. The molecule has 6 nitrogen and oxygen atoms in total. The average Bonchev–Trinajstić information content (AvgIpc) is 2.81. The van der Waals surface area contributed by atoms with Crippen LogP contribution < -0.4 is 10.9 Å². The third-order valence-electron chi connectivity index (χ3n) is 7.41. The molecule has 0 heterocycles. The summed E-state index contributed by atoms with van der Waals surface area (Å²) in [6.45, 7) is 3.81. The van der Waals surface area contributed by atoms with E-state index in [0.717, 1.165) is 23.3 Å². The summed E-state index contributed by atoms with van der Waals surface area (Å²) < 4.78 is 0. The van der Waals surface area contributed by atoms with Gasteiger partial charge in [-0.15, -0.1) is 0 Å². The molecule has 0 aliphatic carbocycles. The van der Waals surface area contributed by atoms with E-state index in [1.165, 1.54) is 0 Å². The van der Waals surface area contributed by atoms with Crippen molar-refractivity contribution < 1.29 is 20.4 Å². The van der Waals surface area contributed by atoms with Gasteiger partial charge >= 0.3 is 0 Å². The Hall–Kier alpha value is -4.84. The number of hydrogen-bond acceptors (Lipinski definition) is 6. The molecule has 0 radical (unpaired) electrons. The molecule has 7 rings (SSSR count). The van der Waals surface area contributed by atoms with Gasteiger partial charge in [-0.05, 0) is 35.4 Å². The van der Waals surface area contributed by atoms with Gasteiger partial charge in [0.1, 0.15) is 23.0 Å². The smallest absolute Gasteiger partial charge is 0.190 e. The summed E-state index contributed by atoms with van der Waals surface area (Å²) in [4.78, 5) is 26.7. The highest BCUT2D eigenvalue weighted by molar-refractivity contribution is 6.44. The second kappa shape index (κ2) is 6.43. The molecular formula is C30H18O6. The molecule has 0 fully saturated rings. The number of aromatic hydroxyl groups is 4. The highest BCUT2D eigenvalue weighted by atomic mass is 16.3. The van der Waals surface area contributed by atoms with Gasteiger partial charge in [0.05, 0.1) is 10.8 Å². The third-order valence-corrected chi connectivity index (χ3v) is 7.41. The minimum atomic E-state index is -0.591. The fourth-order valence-electron chi connectivity index (χ4n) is 5.97. The van der Waals surface area contributed by atoms with E-state index in [9.17, 15) is 30.0 Å². The van der Waals surface area contributed by atoms with Crippen LogP contribution in [-0.2, 0) is 0 Å². The van der Waals surface area contributed by atoms with Crippen LogP contribution in [0.4, 0.5) is 0 Å². The minimum Gasteiger partial charge on any atom is -0.507 e. The van der Waals surface area contributed by atoms with E-state index in [1.54, 1.807) is 12.1 Å². The molecule has 0 spiro atoms. The fraction of sp³-hybridized carbons (Fsp3) is 0.0667. The zero-order valence-electron chi connectivity index (χ0n) is 19.2. The molecule has 36 heavy (non-hydrogen) atoms. The molecule has 0 aliphatic rings. The number of benzene rings is 7. The normalized spacial score (nSPS) is 12.3. The fourth-order valence-corrected chi connectivity index (χ4v) is 5.97. The topological polar surface area (TPSA) is 115 Å².